The van der Waals surface area contributed by atoms with E-state index in [1.54, 1.807) is 7.05 Å². The topological polar surface area (TPSA) is 56.7 Å². The summed E-state index contributed by atoms with van der Waals surface area (Å²) in [5.74, 6) is 1.10. The number of hydrogen-bond acceptors (Lipinski definition) is 2. The molecule has 0 radical (unpaired) electrons. The summed E-state index contributed by atoms with van der Waals surface area (Å²) in [5.41, 5.74) is 2.39. The first-order chi connectivity index (χ1) is 11.1. The van der Waals surface area contributed by atoms with Crippen LogP contribution in [0.25, 0.3) is 0 Å². The van der Waals surface area contributed by atoms with Crippen LogP contribution < -0.4 is 10.6 Å². The smallest absolute Gasteiger partial charge is 0.222 e. The predicted octanol–water partition coefficient (Wildman–Crippen LogP) is 2.27. The third-order valence-electron chi connectivity index (χ3n) is 4.25. The molecule has 1 heterocycles. The molecule has 23 heavy (non-hydrogen) atoms. The van der Waals surface area contributed by atoms with Crippen molar-refractivity contribution < 1.29 is 4.79 Å². The maximum absolute atomic E-state index is 11.7. The highest BCUT2D eigenvalue weighted by Gasteiger charge is 2.19. The standard InChI is InChI=1S/C18H28N4O/c1-4-14(2)21-18(19-3)20-12-15-7-9-16(10-8-15)13-22-11-5-6-17(22)23/h7-10,14H,4-6,11-13H2,1-3H3,(H2,19,20,21). The fourth-order valence-electron chi connectivity index (χ4n) is 2.57. The molecule has 1 aromatic rings. The second-order valence-electron chi connectivity index (χ2n) is 6.11. The van der Waals surface area contributed by atoms with Gasteiger partial charge in [0.05, 0.1) is 0 Å². The maximum Gasteiger partial charge on any atom is 0.222 e. The molecule has 1 saturated heterocycles. The summed E-state index contributed by atoms with van der Waals surface area (Å²) < 4.78 is 0. The van der Waals surface area contributed by atoms with Gasteiger partial charge in [-0.15, -0.1) is 0 Å². The first kappa shape index (κ1) is 17.3. The lowest BCUT2D eigenvalue weighted by Crippen LogP contribution is -2.41. The maximum atomic E-state index is 11.7. The fourth-order valence-corrected chi connectivity index (χ4v) is 2.57. The number of nitrogens with one attached hydrogen (secondary N) is 2. The number of aliphatic imine (C=N–C) groups is 1. The molecule has 0 aliphatic carbocycles. The monoisotopic (exact) mass is 316 g/mol. The summed E-state index contributed by atoms with van der Waals surface area (Å²) in [6.45, 7) is 6.64. The van der Waals surface area contributed by atoms with Gasteiger partial charge in [0.15, 0.2) is 5.96 Å². The van der Waals surface area contributed by atoms with E-state index in [0.29, 0.717) is 12.5 Å². The zero-order chi connectivity index (χ0) is 16.7. The summed E-state index contributed by atoms with van der Waals surface area (Å²) in [5, 5.41) is 6.67. The Morgan fingerprint density at radius 3 is 2.57 bits per heavy atom. The molecule has 1 amide bonds. The van der Waals surface area contributed by atoms with Gasteiger partial charge in [-0.05, 0) is 30.9 Å². The van der Waals surface area contributed by atoms with E-state index in [2.05, 4.69) is 53.7 Å². The van der Waals surface area contributed by atoms with Gasteiger partial charge in [-0.25, -0.2) is 0 Å². The Balaban J connectivity index is 1.83. The highest BCUT2D eigenvalue weighted by Crippen LogP contribution is 2.14. The van der Waals surface area contributed by atoms with Crippen LogP contribution in [0, 0.1) is 0 Å². The Morgan fingerprint density at radius 1 is 1.30 bits per heavy atom. The van der Waals surface area contributed by atoms with Crippen LogP contribution in [0.2, 0.25) is 0 Å². The van der Waals surface area contributed by atoms with Crippen molar-refractivity contribution in [1.82, 2.24) is 15.5 Å². The summed E-state index contributed by atoms with van der Waals surface area (Å²) >= 11 is 0. The number of rotatable bonds is 6. The van der Waals surface area contributed by atoms with Crippen LogP contribution in [-0.2, 0) is 17.9 Å². The van der Waals surface area contributed by atoms with Gasteiger partial charge in [-0.3, -0.25) is 9.79 Å². The molecular formula is C18H28N4O. The van der Waals surface area contributed by atoms with Crippen molar-refractivity contribution in [3.05, 3.63) is 35.4 Å². The largest absolute Gasteiger partial charge is 0.354 e. The number of amides is 1. The Kier molecular flexibility index (Phi) is 6.44. The van der Waals surface area contributed by atoms with E-state index in [4.69, 9.17) is 0 Å². The second kappa shape index (κ2) is 8.56. The molecule has 1 atom stereocenters. The molecule has 2 rings (SSSR count). The number of hydrogen-bond donors (Lipinski definition) is 2. The first-order valence-electron chi connectivity index (χ1n) is 8.45. The van der Waals surface area contributed by atoms with Crippen molar-refractivity contribution >= 4 is 11.9 Å². The molecule has 5 nitrogen and oxygen atoms in total. The average molecular weight is 316 g/mol. The van der Waals surface area contributed by atoms with E-state index in [1.165, 1.54) is 11.1 Å². The van der Waals surface area contributed by atoms with Gasteiger partial charge in [-0.1, -0.05) is 31.2 Å². The van der Waals surface area contributed by atoms with Crippen LogP contribution in [0.3, 0.4) is 0 Å². The van der Waals surface area contributed by atoms with Gasteiger partial charge < -0.3 is 15.5 Å². The molecule has 1 aliphatic rings. The van der Waals surface area contributed by atoms with Gasteiger partial charge in [-0.2, -0.15) is 0 Å². The minimum Gasteiger partial charge on any atom is -0.354 e. The van der Waals surface area contributed by atoms with Crippen LogP contribution >= 0.6 is 0 Å². The number of guanidine groups is 1. The highest BCUT2D eigenvalue weighted by molar-refractivity contribution is 5.80. The van der Waals surface area contributed by atoms with E-state index in [0.717, 1.165) is 38.4 Å². The fraction of sp³-hybridized carbons (Fsp3) is 0.556. The molecule has 1 aliphatic heterocycles. The Labute approximate surface area is 139 Å². The van der Waals surface area contributed by atoms with Gasteiger partial charge in [0.1, 0.15) is 0 Å². The number of benzene rings is 1. The lowest BCUT2D eigenvalue weighted by molar-refractivity contribution is -0.128. The van der Waals surface area contributed by atoms with Crippen molar-refractivity contribution in [3.8, 4) is 0 Å². The third kappa shape index (κ3) is 5.27. The second-order valence-corrected chi connectivity index (χ2v) is 6.11. The molecule has 1 fully saturated rings. The van der Waals surface area contributed by atoms with Gasteiger partial charge in [0, 0.05) is 39.1 Å². The zero-order valence-electron chi connectivity index (χ0n) is 14.4. The van der Waals surface area contributed by atoms with Crippen LogP contribution in [0.1, 0.15) is 44.2 Å². The molecule has 126 valence electrons. The summed E-state index contributed by atoms with van der Waals surface area (Å²) in [6, 6.07) is 8.83. The molecule has 0 spiro atoms. The lowest BCUT2D eigenvalue weighted by Gasteiger charge is -2.17. The molecule has 5 heteroatoms. The molecule has 0 bridgehead atoms. The Bertz CT molecular complexity index is 538. The van der Waals surface area contributed by atoms with E-state index < -0.39 is 0 Å². The Hall–Kier alpha value is -2.04. The predicted molar refractivity (Wildman–Crippen MR) is 94.2 cm³/mol. The van der Waals surface area contributed by atoms with Crippen molar-refractivity contribution in [3.63, 3.8) is 0 Å². The van der Waals surface area contributed by atoms with Gasteiger partial charge in [0.25, 0.3) is 0 Å². The third-order valence-corrected chi connectivity index (χ3v) is 4.25. The van der Waals surface area contributed by atoms with E-state index >= 15 is 0 Å². The quantitative estimate of drug-likeness (QED) is 0.625. The average Bonchev–Trinajstić information content (AvgIpc) is 2.97. The highest BCUT2D eigenvalue weighted by atomic mass is 16.2. The molecule has 1 unspecified atom stereocenters. The summed E-state index contributed by atoms with van der Waals surface area (Å²) in [7, 11) is 1.79. The molecule has 0 aromatic heterocycles. The van der Waals surface area contributed by atoms with E-state index in [9.17, 15) is 4.79 Å². The molecular weight excluding hydrogens is 288 g/mol. The Morgan fingerprint density at radius 2 is 2.00 bits per heavy atom. The minimum absolute atomic E-state index is 0.274. The molecule has 1 aromatic carbocycles. The van der Waals surface area contributed by atoms with E-state index in [-0.39, 0.29) is 5.91 Å². The van der Waals surface area contributed by atoms with Crippen LogP contribution in [0.4, 0.5) is 0 Å². The van der Waals surface area contributed by atoms with Crippen LogP contribution in [0.15, 0.2) is 29.3 Å². The van der Waals surface area contributed by atoms with Gasteiger partial charge in [0.2, 0.25) is 5.91 Å². The SMILES string of the molecule is CCC(C)NC(=NC)NCc1ccc(CN2CCCC2=O)cc1. The summed E-state index contributed by atoms with van der Waals surface area (Å²) in [4.78, 5) is 17.8. The van der Waals surface area contributed by atoms with Crippen molar-refractivity contribution in [2.75, 3.05) is 13.6 Å². The number of carbonyl (C=O) groups excluding carboxylic acids is 1. The first-order valence-corrected chi connectivity index (χ1v) is 8.45. The van der Waals surface area contributed by atoms with Gasteiger partial charge >= 0.3 is 0 Å². The van der Waals surface area contributed by atoms with Crippen molar-refractivity contribution in [1.29, 1.82) is 0 Å². The minimum atomic E-state index is 0.274. The normalized spacial score (nSPS) is 16.6. The number of nitrogens with zero attached hydrogens (tertiary/aromatic N) is 2. The van der Waals surface area contributed by atoms with Crippen molar-refractivity contribution in [2.45, 2.75) is 52.2 Å². The lowest BCUT2D eigenvalue weighted by atomic mass is 10.1. The number of carbonyl (C=O) groups is 1. The van der Waals surface area contributed by atoms with Crippen LogP contribution in [-0.4, -0.2) is 36.4 Å². The van der Waals surface area contributed by atoms with E-state index in [1.807, 2.05) is 4.90 Å². The van der Waals surface area contributed by atoms with Crippen LogP contribution in [0.5, 0.6) is 0 Å². The number of likely N-dealkylation sites (tertiary alicyclic amines) is 1. The molecule has 0 saturated carbocycles. The zero-order valence-corrected chi connectivity index (χ0v) is 14.4. The molecule has 2 N–H and O–H groups in total. The summed E-state index contributed by atoms with van der Waals surface area (Å²) in [6.07, 6.45) is 2.75. The van der Waals surface area contributed by atoms with Crippen molar-refractivity contribution in [2.24, 2.45) is 4.99 Å².